The van der Waals surface area contributed by atoms with Crippen LogP contribution in [-0.4, -0.2) is 41.5 Å². The fraction of sp³-hybridized carbons (Fsp3) is 0.280. The molecule has 0 fully saturated rings. The Balaban J connectivity index is 1.97. The summed E-state index contributed by atoms with van der Waals surface area (Å²) in [4.78, 5) is 25.5. The summed E-state index contributed by atoms with van der Waals surface area (Å²) < 4.78 is 28.7. The minimum atomic E-state index is -3.70. The van der Waals surface area contributed by atoms with E-state index in [1.54, 1.807) is 51.1 Å². The number of nitrogens with zero attached hydrogens (tertiary/aromatic N) is 4. The molecule has 35 heavy (non-hydrogen) atoms. The third-order valence-corrected chi connectivity index (χ3v) is 7.83. The standard InChI is InChI=1S/C25H27N5O4S/c1-5-29(6-2)35(33,34)23-15-20(11-10-17(23)3)22-12-13-24(31)30(28-22)18(4)25(32)27-21-9-7-8-19(14-21)16-26/h7-15,18H,5-6H2,1-4H3,(H,27,32)/t18-/m1/s1. The first-order chi connectivity index (χ1) is 16.6. The van der Waals surface area contributed by atoms with Gasteiger partial charge in [0.2, 0.25) is 15.9 Å². The third-order valence-electron chi connectivity index (χ3n) is 5.64. The van der Waals surface area contributed by atoms with E-state index in [2.05, 4.69) is 10.4 Å². The lowest BCUT2D eigenvalue weighted by molar-refractivity contribution is -0.119. The highest BCUT2D eigenvalue weighted by Gasteiger charge is 2.25. The monoisotopic (exact) mass is 493 g/mol. The fourth-order valence-corrected chi connectivity index (χ4v) is 5.33. The topological polar surface area (TPSA) is 125 Å². The summed E-state index contributed by atoms with van der Waals surface area (Å²) in [6.45, 7) is 7.50. The minimum Gasteiger partial charge on any atom is -0.324 e. The molecule has 9 nitrogen and oxygen atoms in total. The second-order valence-electron chi connectivity index (χ2n) is 7.93. The molecule has 0 aliphatic carbocycles. The quantitative estimate of drug-likeness (QED) is 0.513. The summed E-state index contributed by atoms with van der Waals surface area (Å²) in [5.41, 5.74) is 1.79. The highest BCUT2D eigenvalue weighted by atomic mass is 32.2. The molecule has 1 heterocycles. The number of aryl methyl sites for hydroxylation is 1. The van der Waals surface area contributed by atoms with Gasteiger partial charge in [0.1, 0.15) is 6.04 Å². The van der Waals surface area contributed by atoms with Crippen LogP contribution in [0.1, 0.15) is 37.9 Å². The van der Waals surface area contributed by atoms with Crippen molar-refractivity contribution in [2.45, 2.75) is 38.6 Å². The summed E-state index contributed by atoms with van der Waals surface area (Å²) in [6.07, 6.45) is 0. The highest BCUT2D eigenvalue weighted by Crippen LogP contribution is 2.26. The molecule has 10 heteroatoms. The fourth-order valence-electron chi connectivity index (χ4n) is 3.62. The Morgan fingerprint density at radius 3 is 2.51 bits per heavy atom. The predicted molar refractivity (Wildman–Crippen MR) is 133 cm³/mol. The van der Waals surface area contributed by atoms with Crippen LogP contribution in [-0.2, 0) is 14.8 Å². The van der Waals surface area contributed by atoms with Crippen molar-refractivity contribution < 1.29 is 13.2 Å². The second-order valence-corrected chi connectivity index (χ2v) is 9.84. The molecule has 1 atom stereocenters. The number of benzene rings is 2. The van der Waals surface area contributed by atoms with E-state index in [-0.39, 0.29) is 4.90 Å². The van der Waals surface area contributed by atoms with Crippen LogP contribution in [0.2, 0.25) is 0 Å². The summed E-state index contributed by atoms with van der Waals surface area (Å²) in [5, 5.41) is 16.1. The molecule has 0 radical (unpaired) electrons. The van der Waals surface area contributed by atoms with E-state index in [0.717, 1.165) is 4.68 Å². The van der Waals surface area contributed by atoms with E-state index >= 15 is 0 Å². The first-order valence-electron chi connectivity index (χ1n) is 11.1. The van der Waals surface area contributed by atoms with Crippen LogP contribution < -0.4 is 10.9 Å². The van der Waals surface area contributed by atoms with Gasteiger partial charge in [0, 0.05) is 30.4 Å². The molecule has 1 aromatic heterocycles. The van der Waals surface area contributed by atoms with Gasteiger partial charge in [-0.05, 0) is 49.7 Å². The lowest BCUT2D eigenvalue weighted by Gasteiger charge is -2.20. The number of anilines is 1. The highest BCUT2D eigenvalue weighted by molar-refractivity contribution is 7.89. The third kappa shape index (κ3) is 5.48. The molecular weight excluding hydrogens is 466 g/mol. The number of carbonyl (C=O) groups excluding carboxylic acids is 1. The van der Waals surface area contributed by atoms with Crippen molar-refractivity contribution in [2.75, 3.05) is 18.4 Å². The second kappa shape index (κ2) is 10.6. The van der Waals surface area contributed by atoms with Crippen molar-refractivity contribution in [3.63, 3.8) is 0 Å². The predicted octanol–water partition coefficient (Wildman–Crippen LogP) is 3.32. The number of nitrogens with one attached hydrogen (secondary N) is 1. The lowest BCUT2D eigenvalue weighted by Crippen LogP contribution is -2.33. The van der Waals surface area contributed by atoms with E-state index in [9.17, 15) is 18.0 Å². The van der Waals surface area contributed by atoms with Crippen LogP contribution in [0.3, 0.4) is 0 Å². The summed E-state index contributed by atoms with van der Waals surface area (Å²) in [5.74, 6) is -0.486. The first-order valence-corrected chi connectivity index (χ1v) is 12.6. The minimum absolute atomic E-state index is 0.168. The Hall–Kier alpha value is -3.81. The van der Waals surface area contributed by atoms with E-state index < -0.39 is 27.5 Å². The summed E-state index contributed by atoms with van der Waals surface area (Å²) >= 11 is 0. The average Bonchev–Trinajstić information content (AvgIpc) is 2.84. The van der Waals surface area contributed by atoms with Gasteiger partial charge in [0.05, 0.1) is 22.2 Å². The van der Waals surface area contributed by atoms with Crippen LogP contribution in [0.15, 0.2) is 64.3 Å². The van der Waals surface area contributed by atoms with Crippen molar-refractivity contribution >= 4 is 21.6 Å². The van der Waals surface area contributed by atoms with Crippen molar-refractivity contribution in [1.29, 1.82) is 5.26 Å². The van der Waals surface area contributed by atoms with Crippen LogP contribution in [0, 0.1) is 18.3 Å². The maximum absolute atomic E-state index is 13.1. The van der Waals surface area contributed by atoms with Crippen LogP contribution in [0.5, 0.6) is 0 Å². The van der Waals surface area contributed by atoms with Gasteiger partial charge in [-0.3, -0.25) is 9.59 Å². The summed E-state index contributed by atoms with van der Waals surface area (Å²) in [6, 6.07) is 15.2. The largest absolute Gasteiger partial charge is 0.324 e. The molecule has 0 spiro atoms. The van der Waals surface area contributed by atoms with Gasteiger partial charge in [-0.25, -0.2) is 13.1 Å². The number of nitriles is 1. The normalized spacial score (nSPS) is 12.2. The molecular formula is C25H27N5O4S. The van der Waals surface area contributed by atoms with Gasteiger partial charge in [0.25, 0.3) is 5.56 Å². The molecule has 3 rings (SSSR count). The number of carbonyl (C=O) groups is 1. The number of aromatic nitrogens is 2. The molecule has 182 valence electrons. The Kier molecular flexibility index (Phi) is 7.84. The number of hydrogen-bond acceptors (Lipinski definition) is 6. The molecule has 0 bridgehead atoms. The smallest absolute Gasteiger partial charge is 0.267 e. The van der Waals surface area contributed by atoms with Crippen molar-refractivity contribution in [3.8, 4) is 17.3 Å². The van der Waals surface area contributed by atoms with E-state index in [1.165, 1.54) is 35.5 Å². The molecule has 2 aromatic carbocycles. The molecule has 0 unspecified atom stereocenters. The molecule has 3 aromatic rings. The maximum atomic E-state index is 13.1. The Labute approximate surface area is 204 Å². The summed E-state index contributed by atoms with van der Waals surface area (Å²) in [7, 11) is -3.70. The first kappa shape index (κ1) is 25.8. The molecule has 0 saturated heterocycles. The number of amides is 1. The van der Waals surface area contributed by atoms with Crippen molar-refractivity contribution in [1.82, 2.24) is 14.1 Å². The molecule has 0 saturated carbocycles. The SMILES string of the molecule is CCN(CC)S(=O)(=O)c1cc(-c2ccc(=O)n([C@H](C)C(=O)Nc3cccc(C#N)c3)n2)ccc1C. The lowest BCUT2D eigenvalue weighted by atomic mass is 10.1. The van der Waals surface area contributed by atoms with Crippen LogP contribution in [0.25, 0.3) is 11.3 Å². The number of hydrogen-bond donors (Lipinski definition) is 1. The van der Waals surface area contributed by atoms with Gasteiger partial charge in [-0.1, -0.05) is 32.0 Å². The molecule has 0 aliphatic rings. The van der Waals surface area contributed by atoms with E-state index in [1.807, 2.05) is 6.07 Å². The van der Waals surface area contributed by atoms with Gasteiger partial charge < -0.3 is 5.32 Å². The zero-order valence-corrected chi connectivity index (χ0v) is 20.8. The zero-order valence-electron chi connectivity index (χ0n) is 20.0. The van der Waals surface area contributed by atoms with Gasteiger partial charge in [0.15, 0.2) is 0 Å². The van der Waals surface area contributed by atoms with Crippen LogP contribution >= 0.6 is 0 Å². The number of rotatable bonds is 8. The van der Waals surface area contributed by atoms with Gasteiger partial charge in [-0.2, -0.15) is 14.7 Å². The van der Waals surface area contributed by atoms with Crippen LogP contribution in [0.4, 0.5) is 5.69 Å². The van der Waals surface area contributed by atoms with Crippen molar-refractivity contribution in [2.24, 2.45) is 0 Å². The van der Waals surface area contributed by atoms with E-state index in [4.69, 9.17) is 5.26 Å². The Morgan fingerprint density at radius 1 is 1.14 bits per heavy atom. The number of sulfonamides is 1. The molecule has 1 amide bonds. The average molecular weight is 494 g/mol. The Bertz CT molecular complexity index is 1450. The van der Waals surface area contributed by atoms with E-state index in [0.29, 0.717) is 41.2 Å². The molecule has 0 aliphatic heterocycles. The molecule has 1 N–H and O–H groups in total. The Morgan fingerprint density at radius 2 is 1.86 bits per heavy atom. The zero-order chi connectivity index (χ0) is 25.8. The maximum Gasteiger partial charge on any atom is 0.267 e. The van der Waals surface area contributed by atoms with Crippen molar-refractivity contribution in [3.05, 3.63) is 76.1 Å². The van der Waals surface area contributed by atoms with Gasteiger partial charge in [-0.15, -0.1) is 0 Å². The van der Waals surface area contributed by atoms with Gasteiger partial charge >= 0.3 is 0 Å².